The predicted molar refractivity (Wildman–Crippen MR) is 104 cm³/mol. The highest BCUT2D eigenvalue weighted by molar-refractivity contribution is 6.01. The van der Waals surface area contributed by atoms with Gasteiger partial charge in [0.15, 0.2) is 11.6 Å². The number of carbonyl (C=O) groups is 1. The summed E-state index contributed by atoms with van der Waals surface area (Å²) in [5.41, 5.74) is 2.91. The van der Waals surface area contributed by atoms with Crippen molar-refractivity contribution in [3.8, 4) is 28.3 Å². The second-order valence-corrected chi connectivity index (χ2v) is 6.84. The topological polar surface area (TPSA) is 65.0 Å². The summed E-state index contributed by atoms with van der Waals surface area (Å²) in [6.07, 6.45) is 9.10. The van der Waals surface area contributed by atoms with E-state index in [1.165, 1.54) is 0 Å². The Morgan fingerprint density at radius 2 is 1.78 bits per heavy atom. The third kappa shape index (κ3) is 3.21. The zero-order valence-electron chi connectivity index (χ0n) is 15.5. The lowest BCUT2D eigenvalue weighted by Gasteiger charge is -2.36. The van der Waals surface area contributed by atoms with Crippen LogP contribution < -0.4 is 4.74 Å². The molecule has 2 aromatic heterocycles. The molecule has 0 saturated carbocycles. The molecule has 0 aliphatic carbocycles. The molecule has 0 saturated heterocycles. The van der Waals surface area contributed by atoms with Gasteiger partial charge >= 0.3 is 0 Å². The summed E-state index contributed by atoms with van der Waals surface area (Å²) in [6.45, 7) is 4.13. The van der Waals surface area contributed by atoms with Gasteiger partial charge in [-0.2, -0.15) is 0 Å². The summed E-state index contributed by atoms with van der Waals surface area (Å²) in [5, 5.41) is 0. The first-order valence-corrected chi connectivity index (χ1v) is 9.23. The van der Waals surface area contributed by atoms with E-state index in [0.717, 1.165) is 29.5 Å². The monoisotopic (exact) mass is 359 g/mol. The van der Waals surface area contributed by atoms with Gasteiger partial charge < -0.3 is 4.74 Å². The van der Waals surface area contributed by atoms with Crippen LogP contribution in [0.3, 0.4) is 0 Å². The van der Waals surface area contributed by atoms with Gasteiger partial charge in [-0.1, -0.05) is 19.9 Å². The van der Waals surface area contributed by atoms with Gasteiger partial charge in [0.1, 0.15) is 11.4 Å². The van der Waals surface area contributed by atoms with Crippen LogP contribution in [-0.4, -0.2) is 26.3 Å². The lowest BCUT2D eigenvalue weighted by molar-refractivity contribution is 0.0350. The van der Waals surface area contributed by atoms with Crippen LogP contribution in [0, 0.1) is 0 Å². The lowest BCUT2D eigenvalue weighted by Crippen LogP contribution is -2.40. The van der Waals surface area contributed by atoms with Crippen molar-refractivity contribution in [2.75, 3.05) is 0 Å². The van der Waals surface area contributed by atoms with E-state index < -0.39 is 0 Å². The molecule has 27 heavy (non-hydrogen) atoms. The number of hydrogen-bond donors (Lipinski definition) is 0. The minimum absolute atomic E-state index is 0.119. The Bertz CT molecular complexity index is 965. The summed E-state index contributed by atoms with van der Waals surface area (Å²) in [7, 11) is 0. The fraction of sp³-hybridized carbons (Fsp3) is 0.273. The molecule has 3 aromatic rings. The lowest BCUT2D eigenvalue weighted by atomic mass is 9.85. The quantitative estimate of drug-likeness (QED) is 0.674. The molecule has 0 bridgehead atoms. The van der Waals surface area contributed by atoms with E-state index in [1.807, 2.05) is 30.3 Å². The van der Waals surface area contributed by atoms with Crippen molar-refractivity contribution in [2.24, 2.45) is 0 Å². The Morgan fingerprint density at radius 3 is 2.44 bits per heavy atom. The van der Waals surface area contributed by atoms with Crippen molar-refractivity contribution in [1.82, 2.24) is 15.0 Å². The van der Waals surface area contributed by atoms with Crippen LogP contribution in [0.2, 0.25) is 0 Å². The molecular formula is C22H21N3O2. The van der Waals surface area contributed by atoms with Gasteiger partial charge in [-0.05, 0) is 37.1 Å². The van der Waals surface area contributed by atoms with Crippen LogP contribution in [-0.2, 0) is 0 Å². The van der Waals surface area contributed by atoms with Gasteiger partial charge in [-0.25, -0.2) is 9.97 Å². The molecule has 0 amide bonds. The van der Waals surface area contributed by atoms with Gasteiger partial charge in [0, 0.05) is 41.5 Å². The van der Waals surface area contributed by atoms with Crippen molar-refractivity contribution in [3.05, 3.63) is 60.7 Å². The van der Waals surface area contributed by atoms with Crippen LogP contribution in [0.1, 0.15) is 43.5 Å². The molecule has 0 fully saturated rings. The fourth-order valence-corrected chi connectivity index (χ4v) is 3.44. The van der Waals surface area contributed by atoms with E-state index in [-0.39, 0.29) is 11.4 Å². The molecule has 3 heterocycles. The number of nitrogens with zero attached hydrogens (tertiary/aromatic N) is 3. The predicted octanol–water partition coefficient (Wildman–Crippen LogP) is 4.73. The molecule has 5 heteroatoms. The number of Topliss-reactive ketones (excluding diaryl/α,β-unsaturated/α-hetero) is 1. The Hall–Kier alpha value is -3.08. The van der Waals surface area contributed by atoms with Crippen molar-refractivity contribution >= 4 is 5.78 Å². The maximum Gasteiger partial charge on any atom is 0.170 e. The molecule has 0 radical (unpaired) electrons. The third-order valence-corrected chi connectivity index (χ3v) is 5.28. The van der Waals surface area contributed by atoms with Crippen LogP contribution in [0.5, 0.6) is 5.75 Å². The molecule has 1 aliphatic rings. The highest BCUT2D eigenvalue weighted by Gasteiger charge is 2.37. The molecular weight excluding hydrogens is 338 g/mol. The third-order valence-electron chi connectivity index (χ3n) is 5.28. The van der Waals surface area contributed by atoms with Crippen LogP contribution >= 0.6 is 0 Å². The summed E-state index contributed by atoms with van der Waals surface area (Å²) in [5.74, 6) is 1.36. The minimum Gasteiger partial charge on any atom is -0.486 e. The maximum absolute atomic E-state index is 12.7. The Morgan fingerprint density at radius 1 is 1.00 bits per heavy atom. The van der Waals surface area contributed by atoms with E-state index >= 15 is 0 Å². The van der Waals surface area contributed by atoms with E-state index in [9.17, 15) is 4.79 Å². The first-order valence-electron chi connectivity index (χ1n) is 9.23. The number of ketones is 1. The molecule has 0 unspecified atom stereocenters. The van der Waals surface area contributed by atoms with E-state index in [4.69, 9.17) is 4.74 Å². The van der Waals surface area contributed by atoms with Crippen LogP contribution in [0.15, 0.2) is 55.1 Å². The number of pyridine rings is 1. The van der Waals surface area contributed by atoms with Crippen molar-refractivity contribution in [1.29, 1.82) is 0 Å². The van der Waals surface area contributed by atoms with Gasteiger partial charge in [0.2, 0.25) is 0 Å². The number of fused-ring (bicyclic) bond motifs is 1. The smallest absolute Gasteiger partial charge is 0.170 e. The first kappa shape index (κ1) is 17.3. The molecule has 4 rings (SSSR count). The fourth-order valence-electron chi connectivity index (χ4n) is 3.44. The number of carbonyl (C=O) groups excluding carboxylic acids is 1. The Kier molecular flexibility index (Phi) is 4.44. The first-order chi connectivity index (χ1) is 13.1. The molecule has 0 spiro atoms. The van der Waals surface area contributed by atoms with E-state index in [0.29, 0.717) is 23.6 Å². The summed E-state index contributed by atoms with van der Waals surface area (Å²) in [6, 6.07) is 9.46. The zero-order chi connectivity index (χ0) is 18.9. The molecule has 1 aromatic carbocycles. The van der Waals surface area contributed by atoms with Gasteiger partial charge in [-0.3, -0.25) is 9.78 Å². The van der Waals surface area contributed by atoms with Crippen molar-refractivity contribution in [3.63, 3.8) is 0 Å². The van der Waals surface area contributed by atoms with Crippen LogP contribution in [0.25, 0.3) is 22.5 Å². The highest BCUT2D eigenvalue weighted by atomic mass is 16.5. The summed E-state index contributed by atoms with van der Waals surface area (Å²) < 4.78 is 6.19. The van der Waals surface area contributed by atoms with E-state index in [1.54, 1.807) is 24.8 Å². The van der Waals surface area contributed by atoms with E-state index in [2.05, 4.69) is 28.8 Å². The maximum atomic E-state index is 12.7. The summed E-state index contributed by atoms with van der Waals surface area (Å²) in [4.78, 5) is 25.8. The molecule has 0 atom stereocenters. The second kappa shape index (κ2) is 6.91. The number of hydrogen-bond acceptors (Lipinski definition) is 5. The average molecular weight is 359 g/mol. The Labute approximate surface area is 158 Å². The van der Waals surface area contributed by atoms with Gasteiger partial charge in [-0.15, -0.1) is 0 Å². The molecule has 1 aliphatic heterocycles. The largest absolute Gasteiger partial charge is 0.486 e. The number of aromatic nitrogens is 3. The summed E-state index contributed by atoms with van der Waals surface area (Å²) >= 11 is 0. The molecule has 0 N–H and O–H groups in total. The van der Waals surface area contributed by atoms with Crippen molar-refractivity contribution < 1.29 is 9.53 Å². The number of rotatable bonds is 4. The Balaban J connectivity index is 1.65. The second-order valence-electron chi connectivity index (χ2n) is 6.84. The molecule has 5 nitrogen and oxygen atoms in total. The zero-order valence-corrected chi connectivity index (χ0v) is 15.5. The average Bonchev–Trinajstić information content (AvgIpc) is 2.74. The van der Waals surface area contributed by atoms with Crippen LogP contribution in [0.4, 0.5) is 0 Å². The SMILES string of the molecule is CCC1(CC)CC(=O)c2cc(-c3ncc(-c4cccnc4)cn3)ccc2O1. The number of benzene rings is 1. The highest BCUT2D eigenvalue weighted by Crippen LogP contribution is 2.38. The molecule has 136 valence electrons. The van der Waals surface area contributed by atoms with Gasteiger partial charge in [0.25, 0.3) is 0 Å². The minimum atomic E-state index is -0.381. The normalized spacial score (nSPS) is 15.1. The number of ether oxygens (including phenoxy) is 1. The van der Waals surface area contributed by atoms with Gasteiger partial charge in [0.05, 0.1) is 12.0 Å². The standard InChI is InChI=1S/C22H21N3O2/c1-3-22(4-2)11-19(26)18-10-15(7-8-20(18)27-22)21-24-13-17(14-25-21)16-6-5-9-23-12-16/h5-10,12-14H,3-4,11H2,1-2H3. The van der Waals surface area contributed by atoms with Crippen molar-refractivity contribution in [2.45, 2.75) is 38.7 Å².